The summed E-state index contributed by atoms with van der Waals surface area (Å²) in [6, 6.07) is 2.22. The molecule has 1 rings (SSSR count). The minimum absolute atomic E-state index is 0.176. The van der Waals surface area contributed by atoms with E-state index in [1.165, 1.54) is 0 Å². The van der Waals surface area contributed by atoms with E-state index < -0.39 is 0 Å². The Morgan fingerprint density at radius 1 is 1.56 bits per heavy atom. The van der Waals surface area contributed by atoms with Gasteiger partial charge in [0.2, 0.25) is 0 Å². The van der Waals surface area contributed by atoms with Crippen molar-refractivity contribution in [1.82, 2.24) is 10.3 Å². The third-order valence-electron chi connectivity index (χ3n) is 2.30. The average Bonchev–Trinajstić information content (AvgIpc) is 2.29. The minimum Gasteiger partial charge on any atom is -0.329 e. The number of rotatable bonds is 6. The molecule has 4 heteroatoms. The number of halogens is 1. The molecule has 1 unspecified atom stereocenters. The minimum atomic E-state index is 0.176. The van der Waals surface area contributed by atoms with E-state index in [1.54, 1.807) is 6.20 Å². The summed E-state index contributed by atoms with van der Waals surface area (Å²) in [4.78, 5) is 4.14. The molecule has 0 fully saturated rings. The second-order valence-electron chi connectivity index (χ2n) is 3.54. The highest BCUT2D eigenvalue weighted by atomic mass is 79.9. The van der Waals surface area contributed by atoms with Crippen molar-refractivity contribution < 1.29 is 0 Å². The first-order chi connectivity index (χ1) is 7.77. The van der Waals surface area contributed by atoms with Crippen molar-refractivity contribution >= 4 is 15.9 Å². The van der Waals surface area contributed by atoms with Gasteiger partial charge in [-0.2, -0.15) is 0 Å². The van der Waals surface area contributed by atoms with Crippen LogP contribution in [0.25, 0.3) is 0 Å². The molecule has 0 radical (unpaired) electrons. The summed E-state index contributed by atoms with van der Waals surface area (Å²) in [7, 11) is 0. The van der Waals surface area contributed by atoms with E-state index in [-0.39, 0.29) is 6.04 Å². The number of allylic oxidation sites excluding steroid dienone is 1. The van der Waals surface area contributed by atoms with Crippen LogP contribution in [0, 0.1) is 0 Å². The first-order valence-electron chi connectivity index (χ1n) is 5.43. The Kier molecular flexibility index (Phi) is 6.30. The fourth-order valence-corrected chi connectivity index (χ4v) is 1.85. The molecule has 16 heavy (non-hydrogen) atoms. The van der Waals surface area contributed by atoms with Gasteiger partial charge in [-0.25, -0.2) is 0 Å². The van der Waals surface area contributed by atoms with Crippen LogP contribution in [0.5, 0.6) is 0 Å². The first kappa shape index (κ1) is 13.4. The molecular weight excluding hydrogens is 266 g/mol. The number of nitrogens with zero attached hydrogens (tertiary/aromatic N) is 1. The Hall–Kier alpha value is -0.710. The largest absolute Gasteiger partial charge is 0.329 e. The summed E-state index contributed by atoms with van der Waals surface area (Å²) in [5, 5.41) is 3.41. The van der Waals surface area contributed by atoms with Gasteiger partial charge in [0.1, 0.15) is 0 Å². The van der Waals surface area contributed by atoms with Crippen molar-refractivity contribution in [2.75, 3.05) is 13.1 Å². The predicted molar refractivity (Wildman–Crippen MR) is 71.2 cm³/mol. The standard InChI is InChI=1S/C12H18BrN3/c1-2-3-4-5-16-12(7-14)10-6-11(13)9-15-8-10/h2-3,6,8-9,12,16H,4-5,7,14H2,1H3/b3-2+. The van der Waals surface area contributed by atoms with E-state index >= 15 is 0 Å². The molecule has 0 amide bonds. The van der Waals surface area contributed by atoms with Crippen LogP contribution < -0.4 is 11.1 Å². The molecule has 1 aromatic rings. The number of nitrogens with two attached hydrogens (primary N) is 1. The second-order valence-corrected chi connectivity index (χ2v) is 4.45. The summed E-state index contributed by atoms with van der Waals surface area (Å²) >= 11 is 3.41. The van der Waals surface area contributed by atoms with Crippen LogP contribution in [0.2, 0.25) is 0 Å². The molecule has 1 heterocycles. The Bertz CT molecular complexity index is 339. The topological polar surface area (TPSA) is 50.9 Å². The highest BCUT2D eigenvalue weighted by Crippen LogP contribution is 2.15. The van der Waals surface area contributed by atoms with Gasteiger partial charge in [-0.15, -0.1) is 0 Å². The summed E-state index contributed by atoms with van der Waals surface area (Å²) in [5.41, 5.74) is 6.87. The molecule has 1 aromatic heterocycles. The zero-order chi connectivity index (χ0) is 11.8. The summed E-state index contributed by atoms with van der Waals surface area (Å²) in [6.07, 6.45) is 8.84. The molecular formula is C12H18BrN3. The zero-order valence-corrected chi connectivity index (χ0v) is 11.1. The van der Waals surface area contributed by atoms with E-state index in [0.717, 1.165) is 23.0 Å². The number of aromatic nitrogens is 1. The lowest BCUT2D eigenvalue weighted by atomic mass is 10.1. The van der Waals surface area contributed by atoms with Gasteiger partial charge in [0.05, 0.1) is 0 Å². The van der Waals surface area contributed by atoms with Gasteiger partial charge in [0.25, 0.3) is 0 Å². The molecule has 0 saturated carbocycles. The number of hydrogen-bond acceptors (Lipinski definition) is 3. The maximum Gasteiger partial charge on any atom is 0.0460 e. The Labute approximate surface area is 105 Å². The molecule has 88 valence electrons. The predicted octanol–water partition coefficient (Wildman–Crippen LogP) is 2.40. The molecule has 3 nitrogen and oxygen atoms in total. The van der Waals surface area contributed by atoms with Gasteiger partial charge in [0.15, 0.2) is 0 Å². The molecule has 0 spiro atoms. The number of pyridine rings is 1. The van der Waals surface area contributed by atoms with Crippen LogP contribution in [-0.2, 0) is 0 Å². The van der Waals surface area contributed by atoms with Crippen molar-refractivity contribution in [2.24, 2.45) is 5.73 Å². The third kappa shape index (κ3) is 4.43. The average molecular weight is 284 g/mol. The Morgan fingerprint density at radius 3 is 3.00 bits per heavy atom. The van der Waals surface area contributed by atoms with E-state index in [1.807, 2.05) is 19.2 Å². The first-order valence-corrected chi connectivity index (χ1v) is 6.22. The van der Waals surface area contributed by atoms with Crippen molar-refractivity contribution in [1.29, 1.82) is 0 Å². The van der Waals surface area contributed by atoms with E-state index in [9.17, 15) is 0 Å². The maximum absolute atomic E-state index is 5.75. The summed E-state index contributed by atoms with van der Waals surface area (Å²) in [6.45, 7) is 3.53. The highest BCUT2D eigenvalue weighted by Gasteiger charge is 2.08. The zero-order valence-electron chi connectivity index (χ0n) is 9.49. The van der Waals surface area contributed by atoms with E-state index in [2.05, 4.69) is 38.4 Å². The third-order valence-corrected chi connectivity index (χ3v) is 2.74. The lowest BCUT2D eigenvalue weighted by molar-refractivity contribution is 0.546. The van der Waals surface area contributed by atoms with Gasteiger partial charge >= 0.3 is 0 Å². The normalized spacial score (nSPS) is 13.2. The van der Waals surface area contributed by atoms with Crippen molar-refractivity contribution in [2.45, 2.75) is 19.4 Å². The lowest BCUT2D eigenvalue weighted by Crippen LogP contribution is -2.28. The Morgan fingerprint density at radius 2 is 2.38 bits per heavy atom. The molecule has 0 bridgehead atoms. The molecule has 0 aliphatic carbocycles. The van der Waals surface area contributed by atoms with Gasteiger partial charge in [0, 0.05) is 29.5 Å². The van der Waals surface area contributed by atoms with Crippen LogP contribution in [0.15, 0.2) is 35.1 Å². The molecule has 1 atom stereocenters. The van der Waals surface area contributed by atoms with Crippen LogP contribution in [0.4, 0.5) is 0 Å². The van der Waals surface area contributed by atoms with Gasteiger partial charge in [-0.05, 0) is 47.4 Å². The van der Waals surface area contributed by atoms with Crippen molar-refractivity contribution in [3.05, 3.63) is 40.6 Å². The quantitative estimate of drug-likeness (QED) is 0.623. The van der Waals surface area contributed by atoms with Crippen molar-refractivity contribution in [3.63, 3.8) is 0 Å². The number of nitrogens with one attached hydrogen (secondary N) is 1. The lowest BCUT2D eigenvalue weighted by Gasteiger charge is -2.16. The van der Waals surface area contributed by atoms with Crippen LogP contribution >= 0.6 is 15.9 Å². The van der Waals surface area contributed by atoms with E-state index in [0.29, 0.717) is 6.54 Å². The Balaban J connectivity index is 2.53. The molecule has 0 aromatic carbocycles. The molecule has 0 aliphatic rings. The molecule has 0 aliphatic heterocycles. The summed E-state index contributed by atoms with van der Waals surface area (Å²) < 4.78 is 0.985. The fraction of sp³-hybridized carbons (Fsp3) is 0.417. The fourth-order valence-electron chi connectivity index (χ4n) is 1.46. The van der Waals surface area contributed by atoms with Gasteiger partial charge in [-0.1, -0.05) is 12.2 Å². The van der Waals surface area contributed by atoms with Gasteiger partial charge in [-0.3, -0.25) is 4.98 Å². The summed E-state index contributed by atoms with van der Waals surface area (Å²) in [5.74, 6) is 0. The monoisotopic (exact) mass is 283 g/mol. The van der Waals surface area contributed by atoms with Gasteiger partial charge < -0.3 is 11.1 Å². The molecule has 0 saturated heterocycles. The maximum atomic E-state index is 5.75. The van der Waals surface area contributed by atoms with Crippen LogP contribution in [0.3, 0.4) is 0 Å². The number of hydrogen-bond donors (Lipinski definition) is 2. The van der Waals surface area contributed by atoms with Crippen LogP contribution in [0.1, 0.15) is 24.9 Å². The SMILES string of the molecule is C/C=C/CCNC(CN)c1cncc(Br)c1. The second kappa shape index (κ2) is 7.54. The van der Waals surface area contributed by atoms with E-state index in [4.69, 9.17) is 5.73 Å². The molecule has 3 N–H and O–H groups in total. The van der Waals surface area contributed by atoms with Crippen LogP contribution in [-0.4, -0.2) is 18.1 Å². The highest BCUT2D eigenvalue weighted by molar-refractivity contribution is 9.10. The smallest absolute Gasteiger partial charge is 0.0460 e. The van der Waals surface area contributed by atoms with Crippen molar-refractivity contribution in [3.8, 4) is 0 Å².